The Hall–Kier alpha value is -5.10. The fourth-order valence-electron chi connectivity index (χ4n) is 16.6. The van der Waals surface area contributed by atoms with Gasteiger partial charge < -0.3 is 62.9 Å². The van der Waals surface area contributed by atoms with Gasteiger partial charge in [0.2, 0.25) is 0 Å². The molecule has 11 aliphatic rings. The highest BCUT2D eigenvalue weighted by atomic mass is 16.5. The van der Waals surface area contributed by atoms with Gasteiger partial charge in [-0.25, -0.2) is 0 Å². The van der Waals surface area contributed by atoms with Crippen molar-refractivity contribution in [2.75, 3.05) is 180 Å². The minimum atomic E-state index is 0.0447. The maximum absolute atomic E-state index is 6.36. The van der Waals surface area contributed by atoms with E-state index in [2.05, 4.69) is 190 Å². The lowest BCUT2D eigenvalue weighted by atomic mass is 9.75. The van der Waals surface area contributed by atoms with Crippen LogP contribution >= 0.6 is 0 Å². The van der Waals surface area contributed by atoms with E-state index in [1.807, 2.05) is 12.1 Å². The zero-order valence-electron chi connectivity index (χ0n) is 59.9. The lowest BCUT2D eigenvalue weighted by molar-refractivity contribution is -0.127. The summed E-state index contributed by atoms with van der Waals surface area (Å²) in [5.41, 5.74) is 12.9. The molecule has 0 N–H and O–H groups in total. The lowest BCUT2D eigenvalue weighted by Gasteiger charge is -2.44. The van der Waals surface area contributed by atoms with Gasteiger partial charge in [0.05, 0.1) is 40.1 Å². The summed E-state index contributed by atoms with van der Waals surface area (Å²) in [5, 5.41) is 0. The number of ether oxygens (including phenoxy) is 5. The van der Waals surface area contributed by atoms with Crippen LogP contribution in [0.1, 0.15) is 128 Å². The second-order valence-electron chi connectivity index (χ2n) is 29.2. The zero-order chi connectivity index (χ0) is 65.9. The van der Waals surface area contributed by atoms with Crippen molar-refractivity contribution in [3.8, 4) is 17.2 Å². The largest absolute Gasteiger partial charge is 0.497 e. The van der Waals surface area contributed by atoms with E-state index in [9.17, 15) is 0 Å². The molecule has 0 amide bonds. The molecule has 2 aliphatic carbocycles. The van der Waals surface area contributed by atoms with Crippen molar-refractivity contribution in [2.45, 2.75) is 140 Å². The Morgan fingerprint density at radius 1 is 0.383 bits per heavy atom. The molecule has 14 heteroatoms. The van der Waals surface area contributed by atoms with Gasteiger partial charge in [-0.15, -0.1) is 0 Å². The molecule has 2 atom stereocenters. The summed E-state index contributed by atoms with van der Waals surface area (Å²) in [4.78, 5) is 21.9. The molecule has 2 bridgehead atoms. The van der Waals surface area contributed by atoms with Crippen molar-refractivity contribution in [1.29, 1.82) is 0 Å². The van der Waals surface area contributed by atoms with Crippen LogP contribution in [0.3, 0.4) is 0 Å². The number of rotatable bonds is 5. The van der Waals surface area contributed by atoms with E-state index >= 15 is 0 Å². The molecule has 5 aromatic rings. The summed E-state index contributed by atoms with van der Waals surface area (Å²) in [6.45, 7) is 23.1. The number of fused-ring (bicyclic) bond motifs is 5. The predicted molar refractivity (Wildman–Crippen MR) is 387 cm³/mol. The van der Waals surface area contributed by atoms with Crippen LogP contribution in [-0.4, -0.2) is 221 Å². The van der Waals surface area contributed by atoms with E-state index in [1.165, 1.54) is 186 Å². The van der Waals surface area contributed by atoms with Crippen molar-refractivity contribution < 1.29 is 23.7 Å². The highest BCUT2D eigenvalue weighted by Gasteiger charge is 2.58. The molecule has 2 spiro atoms. The van der Waals surface area contributed by atoms with Gasteiger partial charge in [0.1, 0.15) is 11.4 Å². The normalized spacial score (nSPS) is 24.8. The van der Waals surface area contributed by atoms with Gasteiger partial charge in [-0.3, -0.25) is 4.90 Å². The molecule has 2 saturated carbocycles. The van der Waals surface area contributed by atoms with Crippen molar-refractivity contribution in [3.05, 3.63) is 154 Å². The maximum Gasteiger partial charge on any atom is 0.161 e. The summed E-state index contributed by atoms with van der Waals surface area (Å²) >= 11 is 0. The third kappa shape index (κ3) is 19.0. The Kier molecular flexibility index (Phi) is 27.0. The van der Waals surface area contributed by atoms with Crippen LogP contribution in [0.4, 0.5) is 5.69 Å². The summed E-state index contributed by atoms with van der Waals surface area (Å²) in [6.07, 6.45) is 20.3. The molecule has 94 heavy (non-hydrogen) atoms. The molecule has 5 saturated heterocycles. The number of piperazine rings is 2. The summed E-state index contributed by atoms with van der Waals surface area (Å²) in [7, 11) is 20.4. The number of likely N-dealkylation sites (tertiary alicyclic amines) is 3. The van der Waals surface area contributed by atoms with E-state index in [1.54, 1.807) is 21.3 Å². The molecule has 516 valence electrons. The average Bonchev–Trinajstić information content (AvgIpc) is 1.56. The minimum absolute atomic E-state index is 0.0447. The molecule has 9 aliphatic heterocycles. The fraction of sp³-hybridized carbons (Fsp3) is 0.625. The van der Waals surface area contributed by atoms with Crippen LogP contribution in [0.2, 0.25) is 0 Å². The SMILES string of the molecule is CN1CC2CCC(C1)C21OCc2ccccc21.CN1CCC2(CC1)OCc1ccccc12.CN1CCCCCC1.CN1CCN(C2CCCCC2)CC1.CN1CCc2ccccc2C1.COc1cc2c(cc1OC)CN(C)CC2.COc1ccc(N2CCN(C)CC2)cc1. The molecule has 0 radical (unpaired) electrons. The van der Waals surface area contributed by atoms with Crippen molar-refractivity contribution in [3.63, 3.8) is 0 Å². The average molecular weight is 1290 g/mol. The van der Waals surface area contributed by atoms with Gasteiger partial charge in [-0.2, -0.15) is 0 Å². The summed E-state index contributed by atoms with van der Waals surface area (Å²) in [6, 6.07) is 39.7. The molecular formula is C80H121N9O5. The van der Waals surface area contributed by atoms with Crippen LogP contribution in [0.25, 0.3) is 0 Å². The molecule has 7 fully saturated rings. The van der Waals surface area contributed by atoms with Gasteiger partial charge in [0.15, 0.2) is 11.5 Å². The van der Waals surface area contributed by atoms with Crippen molar-refractivity contribution in [2.24, 2.45) is 11.8 Å². The standard InChI is InChI=1S/C15H19NO.C13H17NO.C12H18N2O.C12H17NO2.C11H22N2.C10H13N.C7H15N/c1-16-8-12-6-7-13(9-16)15(12)14-5-3-2-4-11(14)10-17-15;1-14-8-6-13(7-9-14)12-5-3-2-4-11(12)10-15-13;1-13-7-9-14(10-8-13)11-3-5-12(15-2)6-4-11;1-13-5-4-9-6-11(14-2)12(15-3)7-10(9)8-13;1-12-7-9-13(10-8-12)11-5-3-2-4-6-11;1-11-7-6-9-4-2-3-5-10(9)8-11;1-8-6-4-2-3-5-7-8/h2-5,12-13H,6-10H2,1H3;2-5H,6-10H2,1H3;3-6H,7-10H2,1-2H3;6-7H,4-5,8H2,1-3H3;11H,2-10H2,1H3;2-5H,6-8H2,1H3;2-7H2,1H3. The van der Waals surface area contributed by atoms with E-state index in [4.69, 9.17) is 23.7 Å². The highest BCUT2D eigenvalue weighted by molar-refractivity contribution is 5.50. The number of benzene rings is 5. The van der Waals surface area contributed by atoms with E-state index in [0.29, 0.717) is 11.8 Å². The summed E-state index contributed by atoms with van der Waals surface area (Å²) < 4.78 is 28.2. The Morgan fingerprint density at radius 3 is 1.46 bits per heavy atom. The molecule has 14 nitrogen and oxygen atoms in total. The first-order chi connectivity index (χ1) is 45.8. The number of nitrogens with zero attached hydrogens (tertiary/aromatic N) is 9. The first kappa shape index (κ1) is 71.7. The van der Waals surface area contributed by atoms with Crippen LogP contribution in [0.15, 0.2) is 109 Å². The Labute approximate surface area is 568 Å². The molecule has 16 rings (SSSR count). The first-order valence-corrected chi connectivity index (χ1v) is 36.4. The fourth-order valence-corrected chi connectivity index (χ4v) is 16.6. The van der Waals surface area contributed by atoms with Crippen molar-refractivity contribution >= 4 is 5.69 Å². The molecular weight excluding hydrogens is 1170 g/mol. The predicted octanol–water partition coefficient (Wildman–Crippen LogP) is 12.4. The number of methoxy groups -OCH3 is 3. The molecule has 9 heterocycles. The molecule has 2 unspecified atom stereocenters. The maximum atomic E-state index is 6.36. The van der Waals surface area contributed by atoms with Gasteiger partial charge in [-0.1, -0.05) is 105 Å². The third-order valence-corrected chi connectivity index (χ3v) is 22.5. The van der Waals surface area contributed by atoms with E-state index in [-0.39, 0.29) is 11.2 Å². The topological polar surface area (TPSA) is 75.3 Å². The molecule has 0 aromatic heterocycles. The zero-order valence-corrected chi connectivity index (χ0v) is 59.9. The van der Waals surface area contributed by atoms with Gasteiger partial charge in [0.25, 0.3) is 0 Å². The number of likely N-dealkylation sites (N-methyl/N-ethyl adjacent to an activating group) is 4. The van der Waals surface area contributed by atoms with Crippen LogP contribution in [0, 0.1) is 11.8 Å². The van der Waals surface area contributed by atoms with Crippen molar-refractivity contribution in [1.82, 2.24) is 39.2 Å². The monoisotopic (exact) mass is 1290 g/mol. The van der Waals surface area contributed by atoms with E-state index in [0.717, 1.165) is 115 Å². The van der Waals surface area contributed by atoms with Crippen LogP contribution < -0.4 is 19.1 Å². The second-order valence-corrected chi connectivity index (χ2v) is 29.2. The van der Waals surface area contributed by atoms with Gasteiger partial charge >= 0.3 is 0 Å². The first-order valence-electron chi connectivity index (χ1n) is 36.4. The minimum Gasteiger partial charge on any atom is -0.497 e. The Morgan fingerprint density at radius 2 is 0.862 bits per heavy atom. The second kappa shape index (κ2) is 35.4. The van der Waals surface area contributed by atoms with E-state index < -0.39 is 0 Å². The number of hydrogen-bond acceptors (Lipinski definition) is 14. The third-order valence-electron chi connectivity index (χ3n) is 22.5. The number of hydrogen-bond donors (Lipinski definition) is 0. The Bertz CT molecular complexity index is 3020. The smallest absolute Gasteiger partial charge is 0.161 e. The lowest BCUT2D eigenvalue weighted by Crippen LogP contribution is -2.50. The molecule has 5 aromatic carbocycles. The van der Waals surface area contributed by atoms with Gasteiger partial charge in [-0.05, 0) is 208 Å². The number of anilines is 1. The van der Waals surface area contributed by atoms with Crippen LogP contribution in [0.5, 0.6) is 17.2 Å². The quantitative estimate of drug-likeness (QED) is 0.168. The summed E-state index contributed by atoms with van der Waals surface area (Å²) in [5.74, 6) is 3.99. The Balaban J connectivity index is 0.000000121. The van der Waals surface area contributed by atoms with Crippen LogP contribution in [-0.2, 0) is 59.8 Å². The van der Waals surface area contributed by atoms with Gasteiger partial charge in [0, 0.05) is 128 Å². The highest BCUT2D eigenvalue weighted by Crippen LogP contribution is 2.57. The number of piperidine rings is 2.